The molecule has 144 valence electrons. The van der Waals surface area contributed by atoms with Crippen molar-refractivity contribution in [2.45, 2.75) is 33.2 Å². The van der Waals surface area contributed by atoms with Crippen LogP contribution < -0.4 is 9.80 Å². The average Bonchev–Trinajstić information content (AvgIpc) is 3.28. The molecule has 0 atom stereocenters. The van der Waals surface area contributed by atoms with Crippen LogP contribution in [0.25, 0.3) is 11.4 Å². The second kappa shape index (κ2) is 6.11. The summed E-state index contributed by atoms with van der Waals surface area (Å²) in [5, 5.41) is 13.0. The molecule has 28 heavy (non-hydrogen) atoms. The van der Waals surface area contributed by atoms with Gasteiger partial charge in [0.25, 0.3) is 5.78 Å². The summed E-state index contributed by atoms with van der Waals surface area (Å²) in [6.07, 6.45) is 6.13. The average molecular weight is 378 g/mol. The largest absolute Gasteiger partial charge is 0.353 e. The summed E-state index contributed by atoms with van der Waals surface area (Å²) in [4.78, 5) is 17.8. The van der Waals surface area contributed by atoms with Crippen molar-refractivity contribution in [3.63, 3.8) is 0 Å². The molecule has 0 N–H and O–H groups in total. The van der Waals surface area contributed by atoms with Crippen molar-refractivity contribution < 1.29 is 0 Å². The maximum Gasteiger partial charge on any atom is 0.254 e. The zero-order valence-electron chi connectivity index (χ0n) is 16.4. The molecule has 4 aromatic rings. The standard InChI is InChI=1S/C18H22N10/c1-5-14-23-24-16-15(19-6-7-27(14)16)26-8-13(9-26)25(4)17-11(2)12(3)22-18-20-10-21-28(17)18/h6-7,10,13H,5,8-9H2,1-4H3. The van der Waals surface area contributed by atoms with Crippen molar-refractivity contribution in [2.24, 2.45) is 0 Å². The molecule has 0 aliphatic carbocycles. The first kappa shape index (κ1) is 16.8. The van der Waals surface area contributed by atoms with E-state index in [-0.39, 0.29) is 0 Å². The Hall–Kier alpha value is -3.30. The number of nitrogens with zero attached hydrogens (tertiary/aromatic N) is 10. The van der Waals surface area contributed by atoms with Gasteiger partial charge in [-0.25, -0.2) is 9.97 Å². The van der Waals surface area contributed by atoms with Gasteiger partial charge in [-0.1, -0.05) is 6.92 Å². The molecule has 0 radical (unpaired) electrons. The minimum absolute atomic E-state index is 0.337. The molecule has 10 heteroatoms. The highest BCUT2D eigenvalue weighted by Crippen LogP contribution is 2.29. The Morgan fingerprint density at radius 3 is 2.79 bits per heavy atom. The van der Waals surface area contributed by atoms with Crippen molar-refractivity contribution in [1.82, 2.24) is 39.2 Å². The van der Waals surface area contributed by atoms with Crippen molar-refractivity contribution in [1.29, 1.82) is 0 Å². The third kappa shape index (κ3) is 2.33. The fraction of sp³-hybridized carbons (Fsp3) is 0.444. The first-order valence-corrected chi connectivity index (χ1v) is 9.41. The van der Waals surface area contributed by atoms with E-state index in [9.17, 15) is 0 Å². The van der Waals surface area contributed by atoms with Gasteiger partial charge < -0.3 is 9.80 Å². The van der Waals surface area contributed by atoms with E-state index in [4.69, 9.17) is 0 Å². The maximum atomic E-state index is 4.56. The van der Waals surface area contributed by atoms with Gasteiger partial charge in [-0.2, -0.15) is 14.6 Å². The van der Waals surface area contributed by atoms with Crippen LogP contribution in [0.4, 0.5) is 11.6 Å². The Kier molecular flexibility index (Phi) is 3.68. The highest BCUT2D eigenvalue weighted by Gasteiger charge is 2.34. The van der Waals surface area contributed by atoms with E-state index in [0.717, 1.165) is 53.9 Å². The Morgan fingerprint density at radius 1 is 1.18 bits per heavy atom. The normalized spacial score (nSPS) is 14.8. The zero-order valence-corrected chi connectivity index (χ0v) is 16.4. The number of anilines is 2. The lowest BCUT2D eigenvalue weighted by Gasteiger charge is -2.45. The van der Waals surface area contributed by atoms with Crippen molar-refractivity contribution in [3.8, 4) is 0 Å². The quantitative estimate of drug-likeness (QED) is 0.521. The van der Waals surface area contributed by atoms with E-state index in [0.29, 0.717) is 11.8 Å². The predicted octanol–water partition coefficient (Wildman–Crippen LogP) is 1.07. The third-order valence-electron chi connectivity index (χ3n) is 5.62. The topological polar surface area (TPSA) is 92.6 Å². The van der Waals surface area contributed by atoms with Gasteiger partial charge in [0.1, 0.15) is 18.0 Å². The van der Waals surface area contributed by atoms with Gasteiger partial charge in [0.2, 0.25) is 5.65 Å². The van der Waals surface area contributed by atoms with Gasteiger partial charge in [-0.05, 0) is 13.8 Å². The molecule has 1 fully saturated rings. The molecule has 4 aromatic heterocycles. The molecular formula is C18H22N10. The maximum absolute atomic E-state index is 4.56. The minimum Gasteiger partial charge on any atom is -0.353 e. The zero-order chi connectivity index (χ0) is 19.4. The predicted molar refractivity (Wildman–Crippen MR) is 105 cm³/mol. The molecule has 0 unspecified atom stereocenters. The lowest BCUT2D eigenvalue weighted by Crippen LogP contribution is -2.59. The summed E-state index contributed by atoms with van der Waals surface area (Å²) in [6.45, 7) is 7.88. The second-order valence-electron chi connectivity index (χ2n) is 7.20. The third-order valence-corrected chi connectivity index (χ3v) is 5.62. The summed E-state index contributed by atoms with van der Waals surface area (Å²) < 4.78 is 3.84. The van der Waals surface area contributed by atoms with Crippen LogP contribution in [0.5, 0.6) is 0 Å². The van der Waals surface area contributed by atoms with Gasteiger partial charge in [-0.15, -0.1) is 10.2 Å². The minimum atomic E-state index is 0.337. The molecule has 1 saturated heterocycles. The van der Waals surface area contributed by atoms with Crippen LogP contribution >= 0.6 is 0 Å². The monoisotopic (exact) mass is 378 g/mol. The van der Waals surface area contributed by atoms with Crippen LogP contribution in [0.15, 0.2) is 18.7 Å². The number of aryl methyl sites for hydroxylation is 2. The molecule has 5 rings (SSSR count). The Bertz CT molecular complexity index is 1170. The molecule has 1 aliphatic heterocycles. The first-order chi connectivity index (χ1) is 13.6. The Labute approximate surface area is 161 Å². The van der Waals surface area contributed by atoms with E-state index < -0.39 is 0 Å². The number of hydrogen-bond acceptors (Lipinski definition) is 8. The number of likely N-dealkylation sites (N-methyl/N-ethyl adjacent to an activating group) is 1. The van der Waals surface area contributed by atoms with Gasteiger partial charge in [0.05, 0.1) is 6.04 Å². The van der Waals surface area contributed by atoms with Crippen LogP contribution in [-0.4, -0.2) is 65.3 Å². The summed E-state index contributed by atoms with van der Waals surface area (Å²) in [5.74, 6) is 3.49. The van der Waals surface area contributed by atoms with E-state index in [1.807, 2.05) is 28.2 Å². The van der Waals surface area contributed by atoms with E-state index in [2.05, 4.69) is 60.9 Å². The van der Waals surface area contributed by atoms with Gasteiger partial charge in [-0.3, -0.25) is 4.40 Å². The van der Waals surface area contributed by atoms with Crippen LogP contribution in [0.1, 0.15) is 24.0 Å². The van der Waals surface area contributed by atoms with E-state index in [1.165, 1.54) is 0 Å². The molecule has 0 saturated carbocycles. The Balaban J connectivity index is 1.43. The summed E-state index contributed by atoms with van der Waals surface area (Å²) >= 11 is 0. The summed E-state index contributed by atoms with van der Waals surface area (Å²) in [7, 11) is 2.10. The highest BCUT2D eigenvalue weighted by atomic mass is 15.4. The summed E-state index contributed by atoms with van der Waals surface area (Å²) in [6, 6.07) is 0.337. The molecule has 1 aliphatic rings. The fourth-order valence-electron chi connectivity index (χ4n) is 3.80. The Morgan fingerprint density at radius 2 is 2.00 bits per heavy atom. The first-order valence-electron chi connectivity index (χ1n) is 9.41. The number of hydrogen-bond donors (Lipinski definition) is 0. The van der Waals surface area contributed by atoms with Gasteiger partial charge in [0, 0.05) is 50.2 Å². The molecule has 0 amide bonds. The van der Waals surface area contributed by atoms with Crippen LogP contribution in [0, 0.1) is 13.8 Å². The second-order valence-corrected chi connectivity index (χ2v) is 7.20. The smallest absolute Gasteiger partial charge is 0.254 e. The molecule has 0 bridgehead atoms. The fourth-order valence-corrected chi connectivity index (χ4v) is 3.80. The molecular weight excluding hydrogens is 356 g/mol. The van der Waals surface area contributed by atoms with E-state index >= 15 is 0 Å². The molecule has 5 heterocycles. The van der Waals surface area contributed by atoms with Crippen molar-refractivity contribution >= 4 is 23.1 Å². The van der Waals surface area contributed by atoms with Crippen molar-refractivity contribution in [3.05, 3.63) is 35.8 Å². The van der Waals surface area contributed by atoms with E-state index in [1.54, 1.807) is 6.33 Å². The number of rotatable bonds is 4. The SMILES string of the molecule is CCc1nnc2c(N3CC(N(C)c4c(C)c(C)nc5ncnn45)C3)nccn12. The van der Waals surface area contributed by atoms with Crippen molar-refractivity contribution in [2.75, 3.05) is 29.9 Å². The van der Waals surface area contributed by atoms with Crippen LogP contribution in [-0.2, 0) is 6.42 Å². The van der Waals surface area contributed by atoms with Crippen LogP contribution in [0.3, 0.4) is 0 Å². The number of aromatic nitrogens is 8. The van der Waals surface area contributed by atoms with Gasteiger partial charge >= 0.3 is 0 Å². The van der Waals surface area contributed by atoms with Gasteiger partial charge in [0.15, 0.2) is 5.82 Å². The lowest BCUT2D eigenvalue weighted by atomic mass is 10.1. The summed E-state index contributed by atoms with van der Waals surface area (Å²) in [5.41, 5.74) is 2.90. The number of fused-ring (bicyclic) bond motifs is 2. The molecule has 10 nitrogen and oxygen atoms in total. The molecule has 0 spiro atoms. The van der Waals surface area contributed by atoms with Crippen LogP contribution in [0.2, 0.25) is 0 Å². The lowest BCUT2D eigenvalue weighted by molar-refractivity contribution is 0.486. The highest BCUT2D eigenvalue weighted by molar-refractivity contribution is 5.66. The molecule has 0 aromatic carbocycles.